The monoisotopic (exact) mass is 351 g/mol. The van der Waals surface area contributed by atoms with Crippen molar-refractivity contribution in [2.45, 2.75) is 43.7 Å². The van der Waals surface area contributed by atoms with Crippen LogP contribution in [0.3, 0.4) is 0 Å². The molecule has 1 amide bonds. The standard InChI is InChI=1S/C13H19F2N3O4S/c1-9(2)18-7-11(16-8-18)23(20,21)17-12(19)13(14,15)10-3-5-22-6-4-10/h7-10H,3-6H2,1-2H3,(H,17,19). The molecular formula is C13H19F2N3O4S. The Kier molecular flexibility index (Phi) is 5.04. The zero-order chi connectivity index (χ0) is 17.3. The van der Waals surface area contributed by atoms with E-state index in [0.29, 0.717) is 0 Å². The minimum atomic E-state index is -4.44. The van der Waals surface area contributed by atoms with E-state index in [1.165, 1.54) is 21.8 Å². The molecule has 0 aliphatic carbocycles. The molecule has 1 aliphatic rings. The number of aromatic nitrogens is 2. The number of amides is 1. The molecule has 0 unspecified atom stereocenters. The van der Waals surface area contributed by atoms with Crippen molar-refractivity contribution in [3.63, 3.8) is 0 Å². The van der Waals surface area contributed by atoms with Gasteiger partial charge in [0.1, 0.15) is 0 Å². The lowest BCUT2D eigenvalue weighted by Crippen LogP contribution is -2.48. The fourth-order valence-corrected chi connectivity index (χ4v) is 3.16. The van der Waals surface area contributed by atoms with Crippen molar-refractivity contribution in [1.29, 1.82) is 0 Å². The number of nitrogens with zero attached hydrogens (tertiary/aromatic N) is 2. The van der Waals surface area contributed by atoms with Crippen LogP contribution in [0.15, 0.2) is 17.6 Å². The number of hydrogen-bond acceptors (Lipinski definition) is 5. The van der Waals surface area contributed by atoms with Gasteiger partial charge >= 0.3 is 11.8 Å². The second kappa shape index (κ2) is 6.52. The van der Waals surface area contributed by atoms with Crippen LogP contribution in [0, 0.1) is 5.92 Å². The molecule has 1 aromatic rings. The summed E-state index contributed by atoms with van der Waals surface area (Å²) in [5.74, 6) is -6.85. The summed E-state index contributed by atoms with van der Waals surface area (Å²) in [7, 11) is -4.44. The third-order valence-electron chi connectivity index (χ3n) is 3.71. The van der Waals surface area contributed by atoms with Crippen molar-refractivity contribution in [3.8, 4) is 0 Å². The summed E-state index contributed by atoms with van der Waals surface area (Å²) in [6, 6.07) is -0.0502. The predicted molar refractivity (Wildman–Crippen MR) is 76.4 cm³/mol. The smallest absolute Gasteiger partial charge is 0.328 e. The third-order valence-corrected chi connectivity index (χ3v) is 4.93. The number of alkyl halides is 2. The first-order valence-electron chi connectivity index (χ1n) is 7.21. The molecule has 1 aliphatic heterocycles. The summed E-state index contributed by atoms with van der Waals surface area (Å²) < 4.78 is 60.2. The Morgan fingerprint density at radius 1 is 1.43 bits per heavy atom. The number of rotatable bonds is 5. The summed E-state index contributed by atoms with van der Waals surface area (Å²) in [5, 5.41) is -0.470. The highest BCUT2D eigenvalue weighted by Crippen LogP contribution is 2.33. The van der Waals surface area contributed by atoms with Gasteiger partial charge in [0.2, 0.25) is 0 Å². The number of ether oxygens (including phenoxy) is 1. The molecule has 0 saturated carbocycles. The van der Waals surface area contributed by atoms with E-state index in [-0.39, 0.29) is 32.1 Å². The Balaban J connectivity index is 2.13. The maximum atomic E-state index is 14.1. The topological polar surface area (TPSA) is 90.3 Å². The van der Waals surface area contributed by atoms with Crippen molar-refractivity contribution < 1.29 is 26.7 Å². The van der Waals surface area contributed by atoms with Gasteiger partial charge in [0, 0.05) is 31.4 Å². The minimum absolute atomic E-state index is 0.00242. The molecule has 2 heterocycles. The molecule has 1 fully saturated rings. The number of nitrogens with one attached hydrogen (secondary N) is 1. The van der Waals surface area contributed by atoms with E-state index in [4.69, 9.17) is 4.74 Å². The first-order chi connectivity index (χ1) is 10.6. The Labute approximate surface area is 133 Å². The number of sulfonamides is 1. The average Bonchev–Trinajstić information content (AvgIpc) is 2.98. The molecule has 130 valence electrons. The molecule has 10 heteroatoms. The quantitative estimate of drug-likeness (QED) is 0.864. The summed E-state index contributed by atoms with van der Waals surface area (Å²) in [5.41, 5.74) is 0. The molecule has 0 radical (unpaired) electrons. The lowest BCUT2D eigenvalue weighted by Gasteiger charge is -2.28. The summed E-state index contributed by atoms with van der Waals surface area (Å²) in [4.78, 5) is 15.4. The lowest BCUT2D eigenvalue weighted by molar-refractivity contribution is -0.157. The molecule has 1 N–H and O–H groups in total. The van der Waals surface area contributed by atoms with Gasteiger partial charge in [-0.05, 0) is 26.7 Å². The van der Waals surface area contributed by atoms with E-state index in [0.717, 1.165) is 0 Å². The molecule has 1 aromatic heterocycles. The van der Waals surface area contributed by atoms with Crippen LogP contribution in [-0.2, 0) is 19.6 Å². The fraction of sp³-hybridized carbons (Fsp3) is 0.692. The highest BCUT2D eigenvalue weighted by Gasteiger charge is 2.48. The zero-order valence-corrected chi connectivity index (χ0v) is 13.6. The number of carbonyl (C=O) groups is 1. The molecule has 0 atom stereocenters. The van der Waals surface area contributed by atoms with Crippen molar-refractivity contribution in [2.24, 2.45) is 5.92 Å². The molecule has 0 aromatic carbocycles. The highest BCUT2D eigenvalue weighted by molar-refractivity contribution is 7.90. The third kappa shape index (κ3) is 3.86. The second-order valence-corrected chi connectivity index (χ2v) is 7.33. The van der Waals surface area contributed by atoms with Crippen molar-refractivity contribution in [1.82, 2.24) is 14.3 Å². The first-order valence-corrected chi connectivity index (χ1v) is 8.69. The molecular weight excluding hydrogens is 332 g/mol. The van der Waals surface area contributed by atoms with E-state index < -0.39 is 32.8 Å². The maximum Gasteiger partial charge on any atom is 0.328 e. The largest absolute Gasteiger partial charge is 0.381 e. The van der Waals surface area contributed by atoms with Crippen molar-refractivity contribution >= 4 is 15.9 Å². The van der Waals surface area contributed by atoms with Gasteiger partial charge in [-0.1, -0.05) is 0 Å². The van der Waals surface area contributed by atoms with E-state index in [2.05, 4.69) is 4.98 Å². The van der Waals surface area contributed by atoms with E-state index in [1.54, 1.807) is 13.8 Å². The molecule has 0 spiro atoms. The average molecular weight is 351 g/mol. The van der Waals surface area contributed by atoms with E-state index in [9.17, 15) is 22.0 Å². The maximum absolute atomic E-state index is 14.1. The van der Waals surface area contributed by atoms with Gasteiger partial charge in [-0.2, -0.15) is 17.2 Å². The van der Waals surface area contributed by atoms with Gasteiger partial charge in [0.05, 0.1) is 6.33 Å². The Morgan fingerprint density at radius 3 is 2.57 bits per heavy atom. The Hall–Kier alpha value is -1.55. The van der Waals surface area contributed by atoms with Gasteiger partial charge in [-0.15, -0.1) is 0 Å². The zero-order valence-electron chi connectivity index (χ0n) is 12.8. The van der Waals surface area contributed by atoms with Gasteiger partial charge in [0.15, 0.2) is 5.03 Å². The van der Waals surface area contributed by atoms with E-state index >= 15 is 0 Å². The summed E-state index contributed by atoms with van der Waals surface area (Å²) in [6.07, 6.45) is 2.46. The normalized spacial score (nSPS) is 17.4. The van der Waals surface area contributed by atoms with Crippen LogP contribution in [0.2, 0.25) is 0 Å². The van der Waals surface area contributed by atoms with Crippen LogP contribution in [0.25, 0.3) is 0 Å². The van der Waals surface area contributed by atoms with Gasteiger partial charge in [-0.25, -0.2) is 9.71 Å². The van der Waals surface area contributed by atoms with Gasteiger partial charge in [-0.3, -0.25) is 4.79 Å². The molecule has 1 saturated heterocycles. The molecule has 0 bridgehead atoms. The van der Waals surface area contributed by atoms with Crippen LogP contribution in [0.5, 0.6) is 0 Å². The Morgan fingerprint density at radius 2 is 2.04 bits per heavy atom. The number of carbonyl (C=O) groups excluding carboxylic acids is 1. The van der Waals surface area contributed by atoms with E-state index in [1.807, 2.05) is 0 Å². The van der Waals surface area contributed by atoms with Gasteiger partial charge in [0.25, 0.3) is 10.0 Å². The number of hydrogen-bond donors (Lipinski definition) is 1. The van der Waals surface area contributed by atoms with Crippen molar-refractivity contribution in [2.75, 3.05) is 13.2 Å². The molecule has 7 nitrogen and oxygen atoms in total. The number of halogens is 2. The summed E-state index contributed by atoms with van der Waals surface area (Å²) in [6.45, 7) is 3.85. The van der Waals surface area contributed by atoms with Crippen LogP contribution in [-0.4, -0.2) is 43.0 Å². The molecule has 2 rings (SSSR count). The first kappa shape index (κ1) is 17.8. The van der Waals surface area contributed by atoms with Crippen LogP contribution in [0.4, 0.5) is 8.78 Å². The fourth-order valence-electron chi connectivity index (χ4n) is 2.23. The minimum Gasteiger partial charge on any atom is -0.381 e. The highest BCUT2D eigenvalue weighted by atomic mass is 32.2. The van der Waals surface area contributed by atoms with Crippen molar-refractivity contribution in [3.05, 3.63) is 12.5 Å². The second-order valence-electron chi connectivity index (χ2n) is 5.70. The van der Waals surface area contributed by atoms with Crippen LogP contribution in [0.1, 0.15) is 32.7 Å². The Bertz CT molecular complexity index is 667. The van der Waals surface area contributed by atoms with Crippen LogP contribution >= 0.6 is 0 Å². The molecule has 23 heavy (non-hydrogen) atoms. The lowest BCUT2D eigenvalue weighted by atomic mass is 9.92. The SMILES string of the molecule is CC(C)n1cnc(S(=O)(=O)NC(=O)C(F)(F)C2CCOCC2)c1. The number of imidazole rings is 1. The van der Waals surface area contributed by atoms with Crippen LogP contribution < -0.4 is 4.72 Å². The summed E-state index contributed by atoms with van der Waals surface area (Å²) >= 11 is 0. The predicted octanol–water partition coefficient (Wildman–Crippen LogP) is 1.33. The van der Waals surface area contributed by atoms with Gasteiger partial charge < -0.3 is 9.30 Å².